The third-order valence-electron chi connectivity index (χ3n) is 5.67. The van der Waals surface area contributed by atoms with E-state index in [-0.39, 0.29) is 24.8 Å². The Kier molecular flexibility index (Phi) is 9.00. The molecular formula is C22H32Cl2N4OS. The number of methoxy groups -OCH3 is 1. The monoisotopic (exact) mass is 470 g/mol. The number of piperazine rings is 1. The Hall–Kier alpha value is -1.31. The lowest BCUT2D eigenvalue weighted by Crippen LogP contribution is -2.53. The lowest BCUT2D eigenvalue weighted by molar-refractivity contribution is 0.100. The Labute approximate surface area is 196 Å². The van der Waals surface area contributed by atoms with Crippen LogP contribution in [0.5, 0.6) is 0 Å². The summed E-state index contributed by atoms with van der Waals surface area (Å²) in [6.45, 7) is 8.32. The zero-order valence-corrected chi connectivity index (χ0v) is 20.5. The fraction of sp³-hybridized carbons (Fsp3) is 0.500. The van der Waals surface area contributed by atoms with Crippen LogP contribution in [0.25, 0.3) is 0 Å². The average molecular weight is 471 g/mol. The summed E-state index contributed by atoms with van der Waals surface area (Å²) in [7, 11) is 4.00. The van der Waals surface area contributed by atoms with Gasteiger partial charge in [0.25, 0.3) is 0 Å². The predicted molar refractivity (Wildman–Crippen MR) is 133 cm³/mol. The van der Waals surface area contributed by atoms with E-state index in [2.05, 4.69) is 66.3 Å². The van der Waals surface area contributed by atoms with Crippen molar-refractivity contribution >= 4 is 58.4 Å². The minimum atomic E-state index is 0. The quantitative estimate of drug-likeness (QED) is 0.639. The van der Waals surface area contributed by atoms with E-state index in [1.165, 1.54) is 15.4 Å². The number of nitrogens with zero attached hydrogens (tertiary/aromatic N) is 3. The van der Waals surface area contributed by atoms with Crippen molar-refractivity contribution in [3.8, 4) is 0 Å². The van der Waals surface area contributed by atoms with E-state index in [1.807, 2.05) is 11.3 Å². The normalized spacial score (nSPS) is 18.4. The molecule has 1 aromatic heterocycles. The van der Waals surface area contributed by atoms with Crippen LogP contribution in [0.4, 0.5) is 16.4 Å². The van der Waals surface area contributed by atoms with Gasteiger partial charge >= 0.3 is 0 Å². The fourth-order valence-electron chi connectivity index (χ4n) is 3.87. The highest BCUT2D eigenvalue weighted by molar-refractivity contribution is 7.16. The molecule has 0 saturated carbocycles. The first-order chi connectivity index (χ1) is 13.6. The molecule has 1 saturated heterocycles. The summed E-state index contributed by atoms with van der Waals surface area (Å²) in [5.74, 6) is 1.61. The Morgan fingerprint density at radius 2 is 2.00 bits per heavy atom. The second-order valence-electron chi connectivity index (χ2n) is 7.99. The van der Waals surface area contributed by atoms with Crippen LogP contribution in [-0.4, -0.2) is 62.1 Å². The number of fused-ring (bicyclic) bond motifs is 2. The molecule has 1 atom stereocenters. The van der Waals surface area contributed by atoms with Crippen LogP contribution in [0.1, 0.15) is 36.6 Å². The minimum absolute atomic E-state index is 0. The number of ether oxygens (including phenoxy) is 1. The number of nitrogens with one attached hydrogen (secondary N) is 1. The van der Waals surface area contributed by atoms with E-state index in [1.54, 1.807) is 7.11 Å². The van der Waals surface area contributed by atoms with Crippen LogP contribution in [0.15, 0.2) is 35.3 Å². The van der Waals surface area contributed by atoms with Gasteiger partial charge in [0.05, 0.1) is 16.9 Å². The van der Waals surface area contributed by atoms with Crippen molar-refractivity contribution in [3.05, 3.63) is 40.8 Å². The van der Waals surface area contributed by atoms with Crippen molar-refractivity contribution in [2.24, 2.45) is 4.99 Å². The van der Waals surface area contributed by atoms with Gasteiger partial charge in [-0.05, 0) is 37.6 Å². The number of hydrogen-bond donors (Lipinski definition) is 1. The highest BCUT2D eigenvalue weighted by Gasteiger charge is 2.30. The van der Waals surface area contributed by atoms with Crippen molar-refractivity contribution in [1.82, 2.24) is 9.80 Å². The second-order valence-corrected chi connectivity index (χ2v) is 9.07. The minimum Gasteiger partial charge on any atom is -0.385 e. The molecule has 0 bridgehead atoms. The molecule has 5 nitrogen and oxygen atoms in total. The molecule has 2 aliphatic heterocycles. The molecule has 1 fully saturated rings. The van der Waals surface area contributed by atoms with Gasteiger partial charge in [-0.25, -0.2) is 4.99 Å². The first-order valence-electron chi connectivity index (χ1n) is 10.1. The number of aliphatic imine (C=N–C) groups is 1. The number of para-hydroxylation sites is 2. The van der Waals surface area contributed by atoms with Crippen molar-refractivity contribution in [2.75, 3.05) is 45.7 Å². The molecule has 0 spiro atoms. The highest BCUT2D eigenvalue weighted by atomic mass is 35.5. The molecule has 0 aliphatic carbocycles. The van der Waals surface area contributed by atoms with Crippen molar-refractivity contribution in [1.29, 1.82) is 0 Å². The van der Waals surface area contributed by atoms with Crippen LogP contribution < -0.4 is 5.32 Å². The average Bonchev–Trinajstić information content (AvgIpc) is 3.04. The molecule has 8 heteroatoms. The molecule has 2 aliphatic rings. The number of halogens is 2. The third-order valence-corrected chi connectivity index (χ3v) is 7.02. The number of thiophene rings is 1. The van der Waals surface area contributed by atoms with Crippen LogP contribution in [0.3, 0.4) is 0 Å². The molecule has 2 aromatic rings. The van der Waals surface area contributed by atoms with E-state index in [4.69, 9.17) is 9.73 Å². The van der Waals surface area contributed by atoms with Gasteiger partial charge in [0, 0.05) is 44.3 Å². The summed E-state index contributed by atoms with van der Waals surface area (Å²) in [6.07, 6.45) is 1.04. The SMILES string of the molecule is COCCC1CN(C2=Nc3ccccc3Nc3sc(C(C)C)cc32)CCN1C.Cl.Cl. The van der Waals surface area contributed by atoms with E-state index < -0.39 is 0 Å². The standard InChI is InChI=1S/C22H30N4OS.2ClH/c1-15(2)20-13-17-21(26-11-10-25(3)16(14-26)9-12-27-4)23-18-7-5-6-8-19(18)24-22(17)28-20;;/h5-8,13,15-16,24H,9-12,14H2,1-4H3;2*1H. The summed E-state index contributed by atoms with van der Waals surface area (Å²) in [5.41, 5.74) is 3.33. The van der Waals surface area contributed by atoms with Gasteiger partial charge in [-0.2, -0.15) is 0 Å². The third kappa shape index (κ3) is 5.11. The Balaban J connectivity index is 0.00000160. The highest BCUT2D eigenvalue weighted by Crippen LogP contribution is 2.41. The predicted octanol–water partition coefficient (Wildman–Crippen LogP) is 5.50. The number of likely N-dealkylation sites (N-methyl/N-ethyl adjacent to an activating group) is 1. The first kappa shape index (κ1) is 25.0. The maximum atomic E-state index is 5.34. The summed E-state index contributed by atoms with van der Waals surface area (Å²) in [4.78, 5) is 11.5. The largest absolute Gasteiger partial charge is 0.385 e. The zero-order chi connectivity index (χ0) is 19.7. The molecule has 166 valence electrons. The van der Waals surface area contributed by atoms with Crippen LogP contribution in [-0.2, 0) is 4.74 Å². The lowest BCUT2D eigenvalue weighted by Gasteiger charge is -2.40. The second kappa shape index (κ2) is 10.8. The number of rotatable bonds is 4. The number of anilines is 2. The summed E-state index contributed by atoms with van der Waals surface area (Å²) < 4.78 is 5.34. The van der Waals surface area contributed by atoms with Gasteiger partial charge in [0.1, 0.15) is 10.8 Å². The van der Waals surface area contributed by atoms with Crippen LogP contribution in [0.2, 0.25) is 0 Å². The Bertz CT molecular complexity index is 871. The molecule has 0 radical (unpaired) electrons. The Morgan fingerprint density at radius 3 is 2.73 bits per heavy atom. The molecule has 0 amide bonds. The molecule has 4 rings (SSSR count). The molecule has 30 heavy (non-hydrogen) atoms. The number of amidine groups is 1. The molecular weight excluding hydrogens is 439 g/mol. The Morgan fingerprint density at radius 1 is 1.23 bits per heavy atom. The summed E-state index contributed by atoms with van der Waals surface area (Å²) in [5, 5.41) is 4.86. The topological polar surface area (TPSA) is 40.1 Å². The van der Waals surface area contributed by atoms with E-state index in [0.29, 0.717) is 12.0 Å². The molecule has 1 unspecified atom stereocenters. The lowest BCUT2D eigenvalue weighted by atomic mass is 10.1. The number of benzene rings is 1. The molecule has 1 N–H and O–H groups in total. The van der Waals surface area contributed by atoms with E-state index in [9.17, 15) is 0 Å². The molecule has 1 aromatic carbocycles. The van der Waals surface area contributed by atoms with Crippen LogP contribution in [0, 0.1) is 0 Å². The zero-order valence-electron chi connectivity index (χ0n) is 18.1. The van der Waals surface area contributed by atoms with Gasteiger partial charge in [-0.1, -0.05) is 26.0 Å². The van der Waals surface area contributed by atoms with Gasteiger partial charge < -0.3 is 15.0 Å². The number of hydrogen-bond acceptors (Lipinski definition) is 6. The maximum absolute atomic E-state index is 5.34. The molecule has 3 heterocycles. The van der Waals surface area contributed by atoms with Crippen LogP contribution >= 0.6 is 36.2 Å². The van der Waals surface area contributed by atoms with Crippen molar-refractivity contribution in [3.63, 3.8) is 0 Å². The van der Waals surface area contributed by atoms with E-state index in [0.717, 1.165) is 49.9 Å². The summed E-state index contributed by atoms with van der Waals surface area (Å²) >= 11 is 1.85. The van der Waals surface area contributed by atoms with E-state index >= 15 is 0 Å². The van der Waals surface area contributed by atoms with Gasteiger partial charge in [-0.3, -0.25) is 4.90 Å². The maximum Gasteiger partial charge on any atom is 0.139 e. The summed E-state index contributed by atoms with van der Waals surface area (Å²) in [6, 6.07) is 11.2. The van der Waals surface area contributed by atoms with Gasteiger partial charge in [-0.15, -0.1) is 36.2 Å². The first-order valence-corrected chi connectivity index (χ1v) is 10.9. The van der Waals surface area contributed by atoms with Gasteiger partial charge in [0.2, 0.25) is 0 Å². The fourth-order valence-corrected chi connectivity index (χ4v) is 4.94. The smallest absolute Gasteiger partial charge is 0.139 e. The van der Waals surface area contributed by atoms with Gasteiger partial charge in [0.15, 0.2) is 0 Å². The van der Waals surface area contributed by atoms with Crippen molar-refractivity contribution in [2.45, 2.75) is 32.2 Å². The van der Waals surface area contributed by atoms with Crippen molar-refractivity contribution < 1.29 is 4.74 Å².